The molecule has 0 aromatic carbocycles. The second kappa shape index (κ2) is 3.83. The third-order valence-electron chi connectivity index (χ3n) is 2.10. The fraction of sp³-hybridized carbons (Fsp3) is 0.111. The van der Waals surface area contributed by atoms with Gasteiger partial charge in [0.1, 0.15) is 12.4 Å². The molecule has 0 aliphatic rings. The summed E-state index contributed by atoms with van der Waals surface area (Å²) in [5.74, 6) is -1.83. The van der Waals surface area contributed by atoms with Crippen molar-refractivity contribution < 1.29 is 19.7 Å². The van der Waals surface area contributed by atoms with E-state index in [1.165, 1.54) is 12.3 Å². The van der Waals surface area contributed by atoms with Crippen molar-refractivity contribution in [3.8, 4) is 17.4 Å². The van der Waals surface area contributed by atoms with Crippen molar-refractivity contribution in [1.29, 1.82) is 0 Å². The van der Waals surface area contributed by atoms with Gasteiger partial charge in [-0.3, -0.25) is 0 Å². The molecule has 90 valence electrons. The second-order valence-electron chi connectivity index (χ2n) is 3.19. The van der Waals surface area contributed by atoms with Gasteiger partial charge >= 0.3 is 5.69 Å². The van der Waals surface area contributed by atoms with Crippen molar-refractivity contribution in [3.63, 3.8) is 0 Å². The van der Waals surface area contributed by atoms with Crippen LogP contribution in [-0.2, 0) is 6.61 Å². The van der Waals surface area contributed by atoms with Crippen LogP contribution in [0.4, 0.5) is 5.82 Å². The van der Waals surface area contributed by atoms with Gasteiger partial charge in [0.25, 0.3) is 5.88 Å². The summed E-state index contributed by atoms with van der Waals surface area (Å²) < 4.78 is 5.79. The maximum absolute atomic E-state index is 11.5. The summed E-state index contributed by atoms with van der Waals surface area (Å²) in [6, 6.07) is 1.32. The first-order valence-corrected chi connectivity index (χ1v) is 4.54. The molecule has 0 atom stereocenters. The second-order valence-corrected chi connectivity index (χ2v) is 3.19. The number of aliphatic hydroxyl groups excluding tert-OH is 1. The van der Waals surface area contributed by atoms with E-state index in [1.54, 1.807) is 0 Å². The van der Waals surface area contributed by atoms with Crippen LogP contribution in [0.5, 0.6) is 11.5 Å². The fourth-order valence-electron chi connectivity index (χ4n) is 1.29. The number of nitrogens with two attached hydrogens (primary N) is 1. The topological polar surface area (TPSA) is 135 Å². The van der Waals surface area contributed by atoms with Crippen LogP contribution in [0.15, 0.2) is 21.5 Å². The van der Waals surface area contributed by atoms with Gasteiger partial charge < -0.3 is 25.5 Å². The largest absolute Gasteiger partial charge is 0.502 e. The SMILES string of the molecule is Nc1ccn(-c2oc(CO)c(O)c2O)c(=O)n1. The Morgan fingerprint density at radius 1 is 1.41 bits per heavy atom. The molecule has 0 bridgehead atoms. The summed E-state index contributed by atoms with van der Waals surface area (Å²) in [5.41, 5.74) is 4.52. The van der Waals surface area contributed by atoms with Gasteiger partial charge in [0.2, 0.25) is 11.5 Å². The zero-order valence-electron chi connectivity index (χ0n) is 8.49. The van der Waals surface area contributed by atoms with E-state index in [1.807, 2.05) is 0 Å². The Kier molecular flexibility index (Phi) is 2.48. The zero-order valence-corrected chi connectivity index (χ0v) is 8.49. The molecule has 0 unspecified atom stereocenters. The predicted molar refractivity (Wildman–Crippen MR) is 55.8 cm³/mol. The minimum atomic E-state index is -0.779. The molecule has 0 saturated carbocycles. The molecule has 17 heavy (non-hydrogen) atoms. The van der Waals surface area contributed by atoms with Crippen LogP contribution < -0.4 is 11.4 Å². The quantitative estimate of drug-likeness (QED) is 0.544. The molecule has 0 aliphatic heterocycles. The lowest BCUT2D eigenvalue weighted by Gasteiger charge is -2.00. The third kappa shape index (κ3) is 1.70. The van der Waals surface area contributed by atoms with Gasteiger partial charge in [0.15, 0.2) is 5.76 Å². The van der Waals surface area contributed by atoms with E-state index in [4.69, 9.17) is 15.3 Å². The highest BCUT2D eigenvalue weighted by Crippen LogP contribution is 2.37. The van der Waals surface area contributed by atoms with Crippen LogP contribution in [0.1, 0.15) is 5.76 Å². The molecule has 2 rings (SSSR count). The van der Waals surface area contributed by atoms with Crippen LogP contribution >= 0.6 is 0 Å². The number of hydrogen-bond donors (Lipinski definition) is 4. The maximum atomic E-state index is 11.5. The van der Waals surface area contributed by atoms with Crippen LogP contribution in [0.2, 0.25) is 0 Å². The van der Waals surface area contributed by atoms with Crippen LogP contribution in [0.3, 0.4) is 0 Å². The van der Waals surface area contributed by atoms with Gasteiger partial charge in [-0.15, -0.1) is 0 Å². The average molecular weight is 239 g/mol. The minimum Gasteiger partial charge on any atom is -0.502 e. The fourth-order valence-corrected chi connectivity index (χ4v) is 1.29. The molecular formula is C9H9N3O5. The third-order valence-corrected chi connectivity index (χ3v) is 2.10. The summed E-state index contributed by atoms with van der Waals surface area (Å²) in [4.78, 5) is 14.9. The monoisotopic (exact) mass is 239 g/mol. The molecule has 0 fully saturated rings. The summed E-state index contributed by atoms with van der Waals surface area (Å²) in [5, 5.41) is 27.7. The zero-order chi connectivity index (χ0) is 12.6. The van der Waals surface area contributed by atoms with Crippen molar-refractivity contribution in [3.05, 3.63) is 28.5 Å². The number of furan rings is 1. The molecule has 0 amide bonds. The van der Waals surface area contributed by atoms with Crippen LogP contribution in [0.25, 0.3) is 5.88 Å². The highest BCUT2D eigenvalue weighted by molar-refractivity contribution is 5.51. The van der Waals surface area contributed by atoms with E-state index in [2.05, 4.69) is 4.98 Å². The maximum Gasteiger partial charge on any atom is 0.356 e. The van der Waals surface area contributed by atoms with E-state index in [0.29, 0.717) is 0 Å². The Morgan fingerprint density at radius 3 is 2.65 bits per heavy atom. The van der Waals surface area contributed by atoms with Gasteiger partial charge in [-0.05, 0) is 6.07 Å². The van der Waals surface area contributed by atoms with Gasteiger partial charge in [-0.25, -0.2) is 9.36 Å². The first-order valence-electron chi connectivity index (χ1n) is 4.54. The molecule has 2 aromatic rings. The van der Waals surface area contributed by atoms with Crippen molar-refractivity contribution in [2.75, 3.05) is 5.73 Å². The van der Waals surface area contributed by atoms with E-state index in [9.17, 15) is 15.0 Å². The lowest BCUT2D eigenvalue weighted by atomic mass is 10.4. The number of aromatic hydroxyl groups is 2. The number of hydrogen-bond acceptors (Lipinski definition) is 7. The highest BCUT2D eigenvalue weighted by Gasteiger charge is 2.21. The molecule has 0 radical (unpaired) electrons. The minimum absolute atomic E-state index is 0.0175. The molecule has 0 spiro atoms. The number of nitrogens with zero attached hydrogens (tertiary/aromatic N) is 2. The van der Waals surface area contributed by atoms with Crippen LogP contribution in [0, 0.1) is 0 Å². The molecule has 2 aromatic heterocycles. The molecule has 8 heteroatoms. The predicted octanol–water partition coefficient (Wildman–Crippen LogP) is -0.689. The molecule has 8 nitrogen and oxygen atoms in total. The van der Waals surface area contributed by atoms with Crippen molar-refractivity contribution in [1.82, 2.24) is 9.55 Å². The van der Waals surface area contributed by atoms with Gasteiger partial charge in [0.05, 0.1) is 0 Å². The summed E-state index contributed by atoms with van der Waals surface area (Å²) in [7, 11) is 0. The van der Waals surface area contributed by atoms with Gasteiger partial charge in [0, 0.05) is 6.20 Å². The Hall–Kier alpha value is -2.48. The van der Waals surface area contributed by atoms with Gasteiger partial charge in [-0.1, -0.05) is 0 Å². The Balaban J connectivity index is 2.65. The van der Waals surface area contributed by atoms with E-state index in [-0.39, 0.29) is 17.5 Å². The lowest BCUT2D eigenvalue weighted by Crippen LogP contribution is -2.21. The number of nitrogen functional groups attached to an aromatic ring is 1. The number of aliphatic hydroxyl groups is 1. The molecule has 0 aliphatic carbocycles. The van der Waals surface area contributed by atoms with Crippen LogP contribution in [-0.4, -0.2) is 24.9 Å². The number of aromatic nitrogens is 2. The van der Waals surface area contributed by atoms with Crippen molar-refractivity contribution >= 4 is 5.82 Å². The lowest BCUT2D eigenvalue weighted by molar-refractivity contribution is 0.238. The Labute approximate surface area is 94.2 Å². The summed E-state index contributed by atoms with van der Waals surface area (Å²) >= 11 is 0. The number of anilines is 1. The summed E-state index contributed by atoms with van der Waals surface area (Å²) in [6.07, 6.45) is 1.23. The molecule has 0 saturated heterocycles. The van der Waals surface area contributed by atoms with E-state index in [0.717, 1.165) is 4.57 Å². The van der Waals surface area contributed by atoms with Gasteiger partial charge in [-0.2, -0.15) is 4.98 Å². The first-order chi connectivity index (χ1) is 8.04. The standard InChI is InChI=1S/C9H9N3O5/c10-5-1-2-12(9(16)11-5)8-7(15)6(14)4(3-13)17-8/h1-2,13-15H,3H2,(H2,10,11,16). The van der Waals surface area contributed by atoms with E-state index >= 15 is 0 Å². The summed E-state index contributed by atoms with van der Waals surface area (Å²) in [6.45, 7) is -0.615. The molecular weight excluding hydrogens is 230 g/mol. The highest BCUT2D eigenvalue weighted by atomic mass is 16.4. The first kappa shape index (κ1) is 11.0. The smallest absolute Gasteiger partial charge is 0.356 e. The Bertz CT molecular complexity index is 616. The molecule has 5 N–H and O–H groups in total. The number of rotatable bonds is 2. The normalized spacial score (nSPS) is 10.6. The Morgan fingerprint density at radius 2 is 2.12 bits per heavy atom. The van der Waals surface area contributed by atoms with E-state index < -0.39 is 23.8 Å². The molecule has 2 heterocycles. The average Bonchev–Trinajstić information content (AvgIpc) is 2.57. The van der Waals surface area contributed by atoms with Crippen molar-refractivity contribution in [2.24, 2.45) is 0 Å². The van der Waals surface area contributed by atoms with Crippen molar-refractivity contribution in [2.45, 2.75) is 6.61 Å².